The number of methoxy groups -OCH3 is 1. The van der Waals surface area contributed by atoms with E-state index in [1.165, 1.54) is 0 Å². The van der Waals surface area contributed by atoms with Crippen LogP contribution in [0.5, 0.6) is 11.5 Å². The smallest absolute Gasteiger partial charge is 0.223 e. The lowest BCUT2D eigenvalue weighted by Gasteiger charge is -2.27. The van der Waals surface area contributed by atoms with Crippen LogP contribution in [0.25, 0.3) is 5.52 Å². The Morgan fingerprint density at radius 1 is 1.21 bits per heavy atom. The molecule has 1 aliphatic heterocycles. The molecule has 3 heterocycles. The molecule has 0 saturated carbocycles. The van der Waals surface area contributed by atoms with Crippen LogP contribution in [0.15, 0.2) is 48.8 Å². The molecular weight excluding hydrogens is 390 g/mol. The van der Waals surface area contributed by atoms with Crippen molar-refractivity contribution in [3.05, 3.63) is 59.4 Å². The van der Waals surface area contributed by atoms with Crippen molar-refractivity contribution in [1.82, 2.24) is 14.5 Å². The van der Waals surface area contributed by atoms with Crippen molar-refractivity contribution in [3.63, 3.8) is 0 Å². The van der Waals surface area contributed by atoms with Gasteiger partial charge in [-0.1, -0.05) is 23.7 Å². The van der Waals surface area contributed by atoms with Gasteiger partial charge in [-0.15, -0.1) is 0 Å². The molecule has 0 bridgehead atoms. The summed E-state index contributed by atoms with van der Waals surface area (Å²) in [4.78, 5) is 14.6. The van der Waals surface area contributed by atoms with E-state index >= 15 is 0 Å². The predicted molar refractivity (Wildman–Crippen MR) is 112 cm³/mol. The molecule has 0 spiro atoms. The lowest BCUT2D eigenvalue weighted by atomic mass is 10.0. The van der Waals surface area contributed by atoms with Gasteiger partial charge >= 0.3 is 0 Å². The molecule has 4 rings (SSSR count). The van der Waals surface area contributed by atoms with Crippen LogP contribution in [-0.2, 0) is 4.79 Å². The minimum absolute atomic E-state index is 0.00156. The number of likely N-dealkylation sites (tertiary alicyclic amines) is 1. The van der Waals surface area contributed by atoms with Gasteiger partial charge in [0.15, 0.2) is 0 Å². The van der Waals surface area contributed by atoms with Crippen molar-refractivity contribution in [2.24, 2.45) is 5.92 Å². The quantitative estimate of drug-likeness (QED) is 0.602. The number of hydrogen-bond acceptors (Lipinski definition) is 4. The van der Waals surface area contributed by atoms with Crippen LogP contribution in [0.4, 0.5) is 0 Å². The number of halogens is 1. The minimum Gasteiger partial charge on any atom is -0.497 e. The number of carbonyl (C=O) groups excluding carboxylic acids is 1. The van der Waals surface area contributed by atoms with Gasteiger partial charge < -0.3 is 14.4 Å². The molecule has 29 heavy (non-hydrogen) atoms. The maximum absolute atomic E-state index is 12.7. The van der Waals surface area contributed by atoms with E-state index < -0.39 is 0 Å². The average Bonchev–Trinajstić information content (AvgIpc) is 3.34. The molecule has 3 atom stereocenters. The molecule has 1 aliphatic rings. The lowest BCUT2D eigenvalue weighted by Crippen LogP contribution is -2.31. The molecule has 2 aromatic heterocycles. The molecule has 0 N–H and O–H groups in total. The van der Waals surface area contributed by atoms with E-state index in [1.54, 1.807) is 30.1 Å². The minimum atomic E-state index is -0.135. The Kier molecular flexibility index (Phi) is 5.37. The molecular formula is C22H24ClN3O3. The maximum Gasteiger partial charge on any atom is 0.223 e. The number of fused-ring (bicyclic) bond motifs is 1. The molecule has 1 saturated heterocycles. The first-order valence-corrected chi connectivity index (χ1v) is 10.1. The molecule has 1 amide bonds. The molecule has 6 nitrogen and oxygen atoms in total. The highest BCUT2D eigenvalue weighted by Crippen LogP contribution is 2.33. The predicted octanol–water partition coefficient (Wildman–Crippen LogP) is 4.37. The molecule has 0 radical (unpaired) electrons. The highest BCUT2D eigenvalue weighted by molar-refractivity contribution is 6.30. The number of nitrogens with zero attached hydrogens (tertiary/aromatic N) is 3. The zero-order chi connectivity index (χ0) is 20.5. The van der Waals surface area contributed by atoms with Gasteiger partial charge in [-0.2, -0.15) is 5.10 Å². The van der Waals surface area contributed by atoms with Gasteiger partial charge in [-0.25, -0.2) is 4.52 Å². The van der Waals surface area contributed by atoms with E-state index in [0.717, 1.165) is 16.8 Å². The Morgan fingerprint density at radius 2 is 1.97 bits per heavy atom. The van der Waals surface area contributed by atoms with Crippen molar-refractivity contribution < 1.29 is 14.3 Å². The summed E-state index contributed by atoms with van der Waals surface area (Å²) in [6, 6.07) is 11.5. The third-order valence-electron chi connectivity index (χ3n) is 5.67. The topological polar surface area (TPSA) is 56.1 Å². The van der Waals surface area contributed by atoms with Crippen LogP contribution in [-0.4, -0.2) is 40.2 Å². The Bertz CT molecular complexity index is 1020. The summed E-state index contributed by atoms with van der Waals surface area (Å²) >= 11 is 6.19. The van der Waals surface area contributed by atoms with Gasteiger partial charge in [-0.3, -0.25) is 4.79 Å². The number of benzene rings is 1. The van der Waals surface area contributed by atoms with Gasteiger partial charge in [0.25, 0.3) is 0 Å². The van der Waals surface area contributed by atoms with Crippen LogP contribution >= 0.6 is 11.6 Å². The van der Waals surface area contributed by atoms with Crippen LogP contribution in [0.1, 0.15) is 31.9 Å². The summed E-state index contributed by atoms with van der Waals surface area (Å²) in [6.45, 7) is 4.72. The van der Waals surface area contributed by atoms with Crippen molar-refractivity contribution in [2.75, 3.05) is 13.7 Å². The first kappa shape index (κ1) is 19.6. The Balaban J connectivity index is 1.47. The summed E-state index contributed by atoms with van der Waals surface area (Å²) in [7, 11) is 1.64. The Hall–Kier alpha value is -2.73. The Morgan fingerprint density at radius 3 is 2.69 bits per heavy atom. The lowest BCUT2D eigenvalue weighted by molar-refractivity contribution is -0.129. The van der Waals surface area contributed by atoms with Crippen LogP contribution in [0, 0.1) is 5.92 Å². The van der Waals surface area contributed by atoms with E-state index in [-0.39, 0.29) is 24.0 Å². The van der Waals surface area contributed by atoms with E-state index in [2.05, 4.69) is 12.0 Å². The normalized spacial score (nSPS) is 18.8. The SMILES string of the molecule is COc1ccc([C@@H](C)N2C[C@H]([C@@H](C)Oc3cc(Cl)cn4nccc34)CC2=O)cc1. The van der Waals surface area contributed by atoms with Gasteiger partial charge in [-0.05, 0) is 37.6 Å². The van der Waals surface area contributed by atoms with E-state index in [4.69, 9.17) is 21.1 Å². The molecule has 1 aromatic carbocycles. The highest BCUT2D eigenvalue weighted by Gasteiger charge is 2.37. The summed E-state index contributed by atoms with van der Waals surface area (Å²) in [5.74, 6) is 1.73. The molecule has 1 fully saturated rings. The molecule has 0 aliphatic carbocycles. The van der Waals surface area contributed by atoms with Gasteiger partial charge in [0.1, 0.15) is 23.1 Å². The van der Waals surface area contributed by atoms with Gasteiger partial charge in [0, 0.05) is 31.1 Å². The van der Waals surface area contributed by atoms with E-state index in [1.807, 2.05) is 42.2 Å². The van der Waals surface area contributed by atoms with Crippen LogP contribution in [0.2, 0.25) is 5.02 Å². The number of pyridine rings is 1. The third-order valence-corrected chi connectivity index (χ3v) is 5.87. The fourth-order valence-corrected chi connectivity index (χ4v) is 4.06. The number of rotatable bonds is 6. The van der Waals surface area contributed by atoms with Crippen LogP contribution in [0.3, 0.4) is 0 Å². The first-order valence-electron chi connectivity index (χ1n) is 9.69. The molecule has 3 aromatic rings. The standard InChI is InChI=1S/C22H24ClN3O3/c1-14(16-4-6-19(28-3)7-5-16)25-12-17(10-22(25)27)15(2)29-21-11-18(23)13-26-20(21)8-9-24-26/h4-9,11,13-15,17H,10,12H2,1-3H3/t14-,15-,17-/m1/s1. The summed E-state index contributed by atoms with van der Waals surface area (Å²) < 4.78 is 13.1. The summed E-state index contributed by atoms with van der Waals surface area (Å²) in [5, 5.41) is 4.78. The zero-order valence-electron chi connectivity index (χ0n) is 16.7. The van der Waals surface area contributed by atoms with Crippen molar-refractivity contribution >= 4 is 23.0 Å². The number of amides is 1. The second-order valence-corrected chi connectivity index (χ2v) is 7.90. The second-order valence-electron chi connectivity index (χ2n) is 7.47. The maximum atomic E-state index is 12.7. The van der Waals surface area contributed by atoms with Crippen molar-refractivity contribution in [2.45, 2.75) is 32.4 Å². The van der Waals surface area contributed by atoms with Gasteiger partial charge in [0.2, 0.25) is 5.91 Å². The van der Waals surface area contributed by atoms with Gasteiger partial charge in [0.05, 0.1) is 24.4 Å². The number of hydrogen-bond donors (Lipinski definition) is 0. The van der Waals surface area contributed by atoms with Crippen LogP contribution < -0.4 is 9.47 Å². The van der Waals surface area contributed by atoms with E-state index in [0.29, 0.717) is 23.7 Å². The zero-order valence-corrected chi connectivity index (χ0v) is 17.5. The number of ether oxygens (including phenoxy) is 2. The van der Waals surface area contributed by atoms with Crippen molar-refractivity contribution in [1.29, 1.82) is 0 Å². The molecule has 152 valence electrons. The molecule has 0 unspecified atom stereocenters. The molecule has 7 heteroatoms. The summed E-state index contributed by atoms with van der Waals surface area (Å²) in [5.41, 5.74) is 1.94. The average molecular weight is 414 g/mol. The Labute approximate surface area is 175 Å². The third kappa shape index (κ3) is 3.90. The monoisotopic (exact) mass is 413 g/mol. The van der Waals surface area contributed by atoms with E-state index in [9.17, 15) is 4.79 Å². The first-order chi connectivity index (χ1) is 14.0. The fraction of sp³-hybridized carbons (Fsp3) is 0.364. The summed E-state index contributed by atoms with van der Waals surface area (Å²) in [6.07, 6.45) is 3.79. The second kappa shape index (κ2) is 7.95. The number of carbonyl (C=O) groups is 1. The van der Waals surface area contributed by atoms with Crippen molar-refractivity contribution in [3.8, 4) is 11.5 Å². The fourth-order valence-electron chi connectivity index (χ4n) is 3.87. The number of aromatic nitrogens is 2. The largest absolute Gasteiger partial charge is 0.497 e. The highest BCUT2D eigenvalue weighted by atomic mass is 35.5.